The Labute approximate surface area is 175 Å². The predicted octanol–water partition coefficient (Wildman–Crippen LogP) is 4.40. The van der Waals surface area contributed by atoms with Crippen LogP contribution in [0.5, 0.6) is 0 Å². The van der Waals surface area contributed by atoms with Gasteiger partial charge < -0.3 is 19.3 Å². The van der Waals surface area contributed by atoms with Gasteiger partial charge in [0.2, 0.25) is 0 Å². The van der Waals surface area contributed by atoms with Crippen LogP contribution in [0.1, 0.15) is 66.7 Å². The minimum Gasteiger partial charge on any atom is -0.459 e. The van der Waals surface area contributed by atoms with Gasteiger partial charge >= 0.3 is 5.97 Å². The van der Waals surface area contributed by atoms with Gasteiger partial charge in [0.25, 0.3) is 0 Å². The minimum absolute atomic E-state index is 0.000690. The van der Waals surface area contributed by atoms with Crippen molar-refractivity contribution >= 4 is 5.97 Å². The van der Waals surface area contributed by atoms with Gasteiger partial charge in [0.1, 0.15) is 12.7 Å². The number of carbonyl (C=O) groups excluding carboxylic acids is 1. The zero-order valence-corrected chi connectivity index (χ0v) is 18.9. The molecule has 1 aliphatic heterocycles. The molecular weight excluding hydrogens is 368 g/mol. The highest BCUT2D eigenvalue weighted by molar-refractivity contribution is 5.91. The van der Waals surface area contributed by atoms with Crippen LogP contribution in [0.4, 0.5) is 0 Å². The quantitative estimate of drug-likeness (QED) is 0.317. The SMILES string of the molecule is C=C1CC[C@@H]2C(C)(C)[C@H](OC(C)(C)OC)CC[C@@]2(C)[C@@H]1C/C=C1/C(=O)OC[C@H]1O. The van der Waals surface area contributed by atoms with Crippen LogP contribution in [0.15, 0.2) is 23.8 Å². The van der Waals surface area contributed by atoms with E-state index in [4.69, 9.17) is 14.2 Å². The first-order chi connectivity index (χ1) is 13.4. The molecule has 1 heterocycles. The molecule has 3 fully saturated rings. The van der Waals surface area contributed by atoms with Crippen molar-refractivity contribution in [1.82, 2.24) is 0 Å². The van der Waals surface area contributed by atoms with Gasteiger partial charge in [0.15, 0.2) is 5.79 Å². The summed E-state index contributed by atoms with van der Waals surface area (Å²) in [5.74, 6) is -0.225. The molecule has 164 valence electrons. The molecule has 29 heavy (non-hydrogen) atoms. The molecule has 1 saturated heterocycles. The molecule has 5 heteroatoms. The molecular formula is C24H38O5. The van der Waals surface area contributed by atoms with Crippen LogP contribution < -0.4 is 0 Å². The number of aliphatic hydroxyl groups is 1. The summed E-state index contributed by atoms with van der Waals surface area (Å²) >= 11 is 0. The lowest BCUT2D eigenvalue weighted by Gasteiger charge is -2.60. The van der Waals surface area contributed by atoms with Crippen molar-refractivity contribution in [2.45, 2.75) is 84.7 Å². The Balaban J connectivity index is 1.84. The zero-order chi connectivity index (χ0) is 21.6. The monoisotopic (exact) mass is 406 g/mol. The standard InChI is InChI=1S/C24H38O5/c1-15-8-11-19-22(2,3)20(29-23(4,5)27-7)12-13-24(19,6)17(15)10-9-16-18(25)14-28-21(16)26/h9,17-20,25H,1,8,10-14H2,2-7H3/b16-9+/t17-,18-,19-,20-,24+/m1/s1. The fourth-order valence-electron chi connectivity index (χ4n) is 6.12. The van der Waals surface area contributed by atoms with Gasteiger partial charge in [0, 0.05) is 7.11 Å². The van der Waals surface area contributed by atoms with E-state index in [9.17, 15) is 9.90 Å². The third kappa shape index (κ3) is 4.06. The molecule has 0 amide bonds. The van der Waals surface area contributed by atoms with Crippen LogP contribution in [0.2, 0.25) is 0 Å². The molecule has 5 atom stereocenters. The Kier molecular flexibility index (Phi) is 6.07. The number of cyclic esters (lactones) is 1. The number of aliphatic hydroxyl groups excluding tert-OH is 1. The first-order valence-electron chi connectivity index (χ1n) is 10.9. The van der Waals surface area contributed by atoms with Crippen LogP contribution in [0.3, 0.4) is 0 Å². The van der Waals surface area contributed by atoms with E-state index < -0.39 is 11.9 Å². The molecule has 0 aromatic rings. The number of allylic oxidation sites excluding steroid dienone is 2. The number of methoxy groups -OCH3 is 1. The van der Waals surface area contributed by atoms with Crippen LogP contribution in [0.25, 0.3) is 0 Å². The predicted molar refractivity (Wildman–Crippen MR) is 112 cm³/mol. The van der Waals surface area contributed by atoms with Crippen molar-refractivity contribution in [2.75, 3.05) is 13.7 Å². The van der Waals surface area contributed by atoms with Crippen molar-refractivity contribution in [3.63, 3.8) is 0 Å². The van der Waals surface area contributed by atoms with Crippen molar-refractivity contribution < 1.29 is 24.1 Å². The lowest BCUT2D eigenvalue weighted by molar-refractivity contribution is -0.268. The largest absolute Gasteiger partial charge is 0.459 e. The molecule has 0 unspecified atom stereocenters. The molecule has 0 spiro atoms. The van der Waals surface area contributed by atoms with E-state index in [2.05, 4.69) is 27.4 Å². The van der Waals surface area contributed by atoms with Crippen LogP contribution in [-0.2, 0) is 19.0 Å². The summed E-state index contributed by atoms with van der Waals surface area (Å²) in [5.41, 5.74) is 1.75. The molecule has 0 bridgehead atoms. The lowest BCUT2D eigenvalue weighted by atomic mass is 9.46. The molecule has 2 saturated carbocycles. The minimum atomic E-state index is -0.806. The fourth-order valence-corrected chi connectivity index (χ4v) is 6.12. The number of ether oxygens (including phenoxy) is 3. The third-order valence-electron chi connectivity index (χ3n) is 7.97. The van der Waals surface area contributed by atoms with E-state index in [0.717, 1.165) is 32.1 Å². The number of hydrogen-bond donors (Lipinski definition) is 1. The highest BCUT2D eigenvalue weighted by Crippen LogP contribution is 2.62. The van der Waals surface area contributed by atoms with E-state index in [0.29, 0.717) is 11.5 Å². The maximum absolute atomic E-state index is 11.9. The van der Waals surface area contributed by atoms with Gasteiger partial charge in [-0.3, -0.25) is 0 Å². The molecule has 3 aliphatic rings. The van der Waals surface area contributed by atoms with E-state index in [1.165, 1.54) is 5.57 Å². The number of hydrogen-bond acceptors (Lipinski definition) is 5. The fraction of sp³-hybridized carbons (Fsp3) is 0.792. The maximum Gasteiger partial charge on any atom is 0.336 e. The third-order valence-corrected chi connectivity index (χ3v) is 7.97. The second-order valence-corrected chi connectivity index (χ2v) is 10.4. The topological polar surface area (TPSA) is 65.0 Å². The molecule has 0 aromatic heterocycles. The van der Waals surface area contributed by atoms with Crippen molar-refractivity contribution in [3.8, 4) is 0 Å². The Morgan fingerprint density at radius 2 is 2.00 bits per heavy atom. The highest BCUT2D eigenvalue weighted by atomic mass is 16.7. The number of fused-ring (bicyclic) bond motifs is 1. The summed E-state index contributed by atoms with van der Waals surface area (Å²) in [4.78, 5) is 11.9. The molecule has 0 aromatic carbocycles. The smallest absolute Gasteiger partial charge is 0.336 e. The van der Waals surface area contributed by atoms with Crippen LogP contribution >= 0.6 is 0 Å². The summed E-state index contributed by atoms with van der Waals surface area (Å²) in [7, 11) is 1.69. The summed E-state index contributed by atoms with van der Waals surface area (Å²) in [6.07, 6.45) is 6.06. The summed E-state index contributed by atoms with van der Waals surface area (Å²) in [5, 5.41) is 10.0. The number of rotatable bonds is 5. The van der Waals surface area contributed by atoms with Crippen LogP contribution in [-0.4, -0.2) is 42.8 Å². The second kappa shape index (κ2) is 7.82. The average Bonchev–Trinajstić information content (AvgIpc) is 2.95. The van der Waals surface area contributed by atoms with Gasteiger partial charge in [0.05, 0.1) is 11.7 Å². The lowest BCUT2D eigenvalue weighted by Crippen LogP contribution is -2.56. The molecule has 1 N–H and O–H groups in total. The number of esters is 1. The van der Waals surface area contributed by atoms with Gasteiger partial charge in [-0.25, -0.2) is 4.79 Å². The van der Waals surface area contributed by atoms with Gasteiger partial charge in [-0.1, -0.05) is 39.0 Å². The normalized spacial score (nSPS) is 38.8. The van der Waals surface area contributed by atoms with Crippen LogP contribution in [0, 0.1) is 22.7 Å². The van der Waals surface area contributed by atoms with E-state index in [-0.39, 0.29) is 35.4 Å². The van der Waals surface area contributed by atoms with Crippen molar-refractivity contribution in [3.05, 3.63) is 23.8 Å². The average molecular weight is 407 g/mol. The highest BCUT2D eigenvalue weighted by Gasteiger charge is 2.57. The Hall–Kier alpha value is -1.17. The first kappa shape index (κ1) is 22.5. The Bertz CT molecular complexity index is 691. The molecule has 0 radical (unpaired) electrons. The van der Waals surface area contributed by atoms with E-state index >= 15 is 0 Å². The second-order valence-electron chi connectivity index (χ2n) is 10.4. The molecule has 5 nitrogen and oxygen atoms in total. The van der Waals surface area contributed by atoms with Gasteiger partial charge in [-0.2, -0.15) is 0 Å². The number of carbonyl (C=O) groups is 1. The van der Waals surface area contributed by atoms with E-state index in [1.807, 2.05) is 19.9 Å². The Morgan fingerprint density at radius 1 is 1.31 bits per heavy atom. The van der Waals surface area contributed by atoms with Crippen molar-refractivity contribution in [2.24, 2.45) is 22.7 Å². The van der Waals surface area contributed by atoms with Crippen molar-refractivity contribution in [1.29, 1.82) is 0 Å². The van der Waals surface area contributed by atoms with Gasteiger partial charge in [-0.15, -0.1) is 0 Å². The van der Waals surface area contributed by atoms with Gasteiger partial charge in [-0.05, 0) is 68.6 Å². The summed E-state index contributed by atoms with van der Waals surface area (Å²) in [6, 6.07) is 0. The summed E-state index contributed by atoms with van der Waals surface area (Å²) < 4.78 is 16.9. The maximum atomic E-state index is 11.9. The molecule has 2 aliphatic carbocycles. The first-order valence-corrected chi connectivity index (χ1v) is 10.9. The molecule has 3 rings (SSSR count). The van der Waals surface area contributed by atoms with E-state index in [1.54, 1.807) is 7.11 Å². The summed E-state index contributed by atoms with van der Waals surface area (Å²) in [6.45, 7) is 15.4. The zero-order valence-electron chi connectivity index (χ0n) is 18.9. The Morgan fingerprint density at radius 3 is 2.59 bits per heavy atom.